The molecule has 196 valence electrons. The minimum Gasteiger partial charge on any atom is -0.457 e. The zero-order chi connectivity index (χ0) is 27.5. The Hall–Kier alpha value is -4.47. The number of aryl methyl sites for hydroxylation is 1. The van der Waals surface area contributed by atoms with Gasteiger partial charge in [0.05, 0.1) is 16.0 Å². The first kappa shape index (κ1) is 28.1. The number of benzene rings is 4. The molecule has 0 bridgehead atoms. The van der Waals surface area contributed by atoms with Crippen LogP contribution in [0.4, 0.5) is 5.69 Å². The fraction of sp³-hybridized carbons (Fsp3) is 0.103. The molecule has 0 radical (unpaired) electrons. The molecule has 0 fully saturated rings. The van der Waals surface area contributed by atoms with E-state index in [9.17, 15) is 18.0 Å². The molecule has 0 atom stereocenters. The first-order valence-corrected chi connectivity index (χ1v) is 12.9. The van der Waals surface area contributed by atoms with Crippen LogP contribution in [0.1, 0.15) is 37.4 Å². The Morgan fingerprint density at radius 1 is 0.711 bits per heavy atom. The standard InChI is InChI=1S/C22H19NO4.C7H8O3S/c23-20-12-18(21(24)26-14-16-7-3-1-4-8-16)11-19(13-20)22(25)27-15-17-9-5-2-6-10-17;1-6-2-4-7(5-3-6)11(8,9)10/h1-13H,14-15,23H2;2-5H,1H3,(H,8,9,10). The molecule has 38 heavy (non-hydrogen) atoms. The number of carbonyl (C=O) groups excluding carboxylic acids is 2. The van der Waals surface area contributed by atoms with E-state index in [0.717, 1.165) is 16.7 Å². The zero-order valence-electron chi connectivity index (χ0n) is 20.6. The van der Waals surface area contributed by atoms with Crippen molar-refractivity contribution in [2.45, 2.75) is 25.0 Å². The van der Waals surface area contributed by atoms with Crippen LogP contribution in [-0.4, -0.2) is 24.9 Å². The lowest BCUT2D eigenvalue weighted by Gasteiger charge is -2.09. The average Bonchev–Trinajstić information content (AvgIpc) is 2.91. The molecule has 0 aliphatic rings. The van der Waals surface area contributed by atoms with Gasteiger partial charge in [-0.3, -0.25) is 4.55 Å². The Balaban J connectivity index is 0.000000304. The number of rotatable bonds is 7. The van der Waals surface area contributed by atoms with Crippen molar-refractivity contribution in [1.82, 2.24) is 0 Å². The number of hydrogen-bond donors (Lipinski definition) is 2. The summed E-state index contributed by atoms with van der Waals surface area (Å²) >= 11 is 0. The van der Waals surface area contributed by atoms with Crippen LogP contribution in [0.15, 0.2) is 108 Å². The van der Waals surface area contributed by atoms with Crippen LogP contribution in [0.5, 0.6) is 0 Å². The van der Waals surface area contributed by atoms with Gasteiger partial charge in [-0.25, -0.2) is 9.59 Å². The van der Waals surface area contributed by atoms with Crippen LogP contribution in [0.25, 0.3) is 0 Å². The molecule has 4 aromatic carbocycles. The molecule has 0 aliphatic carbocycles. The molecule has 0 unspecified atom stereocenters. The highest BCUT2D eigenvalue weighted by molar-refractivity contribution is 7.85. The fourth-order valence-electron chi connectivity index (χ4n) is 3.21. The summed E-state index contributed by atoms with van der Waals surface area (Å²) < 4.78 is 40.1. The van der Waals surface area contributed by atoms with Gasteiger partial charge in [-0.2, -0.15) is 8.42 Å². The lowest BCUT2D eigenvalue weighted by atomic mass is 10.1. The van der Waals surface area contributed by atoms with Gasteiger partial charge in [0.1, 0.15) is 13.2 Å². The van der Waals surface area contributed by atoms with Gasteiger partial charge in [-0.1, -0.05) is 78.4 Å². The largest absolute Gasteiger partial charge is 0.457 e. The molecular formula is C29H27NO7S. The molecule has 9 heteroatoms. The number of hydrogen-bond acceptors (Lipinski definition) is 7. The molecule has 0 spiro atoms. The number of nitrogens with two attached hydrogens (primary N) is 1. The maximum Gasteiger partial charge on any atom is 0.338 e. The van der Waals surface area contributed by atoms with Gasteiger partial charge < -0.3 is 15.2 Å². The third kappa shape index (κ3) is 8.88. The van der Waals surface area contributed by atoms with Gasteiger partial charge in [-0.15, -0.1) is 0 Å². The zero-order valence-corrected chi connectivity index (χ0v) is 21.4. The molecule has 0 aromatic heterocycles. The van der Waals surface area contributed by atoms with Gasteiger partial charge >= 0.3 is 11.9 Å². The highest BCUT2D eigenvalue weighted by atomic mass is 32.2. The minimum absolute atomic E-state index is 0.0666. The average molecular weight is 534 g/mol. The second-order valence-electron chi connectivity index (χ2n) is 8.26. The van der Waals surface area contributed by atoms with Crippen LogP contribution in [0.2, 0.25) is 0 Å². The van der Waals surface area contributed by atoms with Crippen LogP contribution in [0, 0.1) is 6.92 Å². The second-order valence-corrected chi connectivity index (χ2v) is 9.68. The van der Waals surface area contributed by atoms with Crippen LogP contribution < -0.4 is 5.73 Å². The summed E-state index contributed by atoms with van der Waals surface area (Å²) in [5, 5.41) is 0. The van der Waals surface area contributed by atoms with Gasteiger partial charge in [0.15, 0.2) is 0 Å². The lowest BCUT2D eigenvalue weighted by molar-refractivity contribution is 0.0470. The summed E-state index contributed by atoms with van der Waals surface area (Å²) in [5.74, 6) is -1.11. The van der Waals surface area contributed by atoms with Crippen molar-refractivity contribution in [3.8, 4) is 0 Å². The molecule has 8 nitrogen and oxygen atoms in total. The predicted molar refractivity (Wildman–Crippen MR) is 143 cm³/mol. The van der Waals surface area contributed by atoms with E-state index in [4.69, 9.17) is 19.8 Å². The Kier molecular flexibility index (Phi) is 9.75. The van der Waals surface area contributed by atoms with E-state index in [1.165, 1.54) is 30.3 Å². The van der Waals surface area contributed by atoms with E-state index in [-0.39, 0.29) is 34.9 Å². The van der Waals surface area contributed by atoms with Crippen molar-refractivity contribution in [2.24, 2.45) is 0 Å². The lowest BCUT2D eigenvalue weighted by Crippen LogP contribution is -2.10. The number of esters is 2. The number of carbonyl (C=O) groups is 2. The summed E-state index contributed by atoms with van der Waals surface area (Å²) in [5.41, 5.74) is 9.23. The third-order valence-corrected chi connectivity index (χ3v) is 6.04. The smallest absolute Gasteiger partial charge is 0.338 e. The number of anilines is 1. The van der Waals surface area contributed by atoms with Crippen LogP contribution >= 0.6 is 0 Å². The maximum absolute atomic E-state index is 12.3. The second kappa shape index (κ2) is 13.2. The molecule has 3 N–H and O–H groups in total. The van der Waals surface area contributed by atoms with Crippen molar-refractivity contribution >= 4 is 27.7 Å². The van der Waals surface area contributed by atoms with E-state index in [0.29, 0.717) is 0 Å². The topological polar surface area (TPSA) is 133 Å². The summed E-state index contributed by atoms with van der Waals surface area (Å²) in [4.78, 5) is 24.5. The van der Waals surface area contributed by atoms with Crippen molar-refractivity contribution < 1.29 is 32.0 Å². The number of ether oxygens (including phenoxy) is 2. The van der Waals surface area contributed by atoms with Gasteiger partial charge in [0.2, 0.25) is 0 Å². The Bertz CT molecular complexity index is 1400. The molecule has 0 heterocycles. The first-order valence-electron chi connectivity index (χ1n) is 11.5. The molecule has 0 saturated heterocycles. The summed E-state index contributed by atoms with van der Waals surface area (Å²) in [6.07, 6.45) is 0. The quantitative estimate of drug-likeness (QED) is 0.188. The highest BCUT2D eigenvalue weighted by Gasteiger charge is 2.15. The Morgan fingerprint density at radius 2 is 1.13 bits per heavy atom. The third-order valence-electron chi connectivity index (χ3n) is 5.17. The van der Waals surface area contributed by atoms with Crippen LogP contribution in [0.3, 0.4) is 0 Å². The molecule has 4 aromatic rings. The SMILES string of the molecule is Cc1ccc(S(=O)(=O)O)cc1.Nc1cc(C(=O)OCc2ccccc2)cc(C(=O)OCc2ccccc2)c1. The summed E-state index contributed by atoms with van der Waals surface area (Å²) in [6.45, 7) is 2.12. The van der Waals surface area contributed by atoms with Crippen molar-refractivity contribution in [1.29, 1.82) is 0 Å². The fourth-order valence-corrected chi connectivity index (χ4v) is 3.69. The molecular weight excluding hydrogens is 506 g/mol. The van der Waals surface area contributed by atoms with Crippen LogP contribution in [-0.2, 0) is 32.8 Å². The minimum atomic E-state index is -4.02. The van der Waals surface area contributed by atoms with Gasteiger partial charge in [0, 0.05) is 5.69 Å². The Morgan fingerprint density at radius 3 is 1.53 bits per heavy atom. The van der Waals surface area contributed by atoms with E-state index in [1.54, 1.807) is 12.1 Å². The highest BCUT2D eigenvalue weighted by Crippen LogP contribution is 2.16. The van der Waals surface area contributed by atoms with E-state index < -0.39 is 22.1 Å². The van der Waals surface area contributed by atoms with Crippen molar-refractivity contribution in [2.75, 3.05) is 5.73 Å². The Labute approximate surface area is 221 Å². The van der Waals surface area contributed by atoms with E-state index in [1.807, 2.05) is 67.6 Å². The monoisotopic (exact) mass is 533 g/mol. The molecule has 0 saturated carbocycles. The van der Waals surface area contributed by atoms with Gasteiger partial charge in [0.25, 0.3) is 10.1 Å². The van der Waals surface area contributed by atoms with E-state index >= 15 is 0 Å². The maximum atomic E-state index is 12.3. The van der Waals surface area contributed by atoms with Crippen molar-refractivity contribution in [3.05, 3.63) is 131 Å². The molecule has 0 amide bonds. The molecule has 4 rings (SSSR count). The predicted octanol–water partition coefficient (Wildman–Crippen LogP) is 5.22. The van der Waals surface area contributed by atoms with E-state index in [2.05, 4.69) is 0 Å². The summed E-state index contributed by atoms with van der Waals surface area (Å²) in [6, 6.07) is 29.0. The molecule has 0 aliphatic heterocycles. The normalized spacial score (nSPS) is 10.6. The van der Waals surface area contributed by atoms with Crippen molar-refractivity contribution in [3.63, 3.8) is 0 Å². The first-order chi connectivity index (χ1) is 18.1. The summed E-state index contributed by atoms with van der Waals surface area (Å²) in [7, 11) is -4.02. The van der Waals surface area contributed by atoms with Gasteiger partial charge in [-0.05, 0) is 48.4 Å². The number of nitrogen functional groups attached to an aromatic ring is 1.